The van der Waals surface area contributed by atoms with E-state index in [0.29, 0.717) is 12.3 Å². The summed E-state index contributed by atoms with van der Waals surface area (Å²) in [6.45, 7) is 6.74. The molecule has 0 saturated carbocycles. The van der Waals surface area contributed by atoms with Crippen molar-refractivity contribution in [3.63, 3.8) is 0 Å². The van der Waals surface area contributed by atoms with Gasteiger partial charge < -0.3 is 5.32 Å². The van der Waals surface area contributed by atoms with E-state index in [0.717, 1.165) is 13.3 Å². The van der Waals surface area contributed by atoms with Crippen LogP contribution in [-0.4, -0.2) is 24.1 Å². The molecule has 0 fully saturated rings. The van der Waals surface area contributed by atoms with Crippen molar-refractivity contribution in [2.24, 2.45) is 4.99 Å². The number of nitrogens with one attached hydrogen (secondary N) is 1. The van der Waals surface area contributed by atoms with Crippen LogP contribution in [0.25, 0.3) is 0 Å². The molecule has 0 saturated heterocycles. The lowest BCUT2D eigenvalue weighted by molar-refractivity contribution is -0.142. The van der Waals surface area contributed by atoms with E-state index in [9.17, 15) is 13.2 Å². The van der Waals surface area contributed by atoms with Gasteiger partial charge in [0.05, 0.1) is 5.84 Å². The van der Waals surface area contributed by atoms with Gasteiger partial charge in [-0.3, -0.25) is 4.99 Å². The standard InChI is InChI=1S/C10H19F3N2/c1-5-6-9(14-7(2)3)15-8(4)10(11,12)13/h7-8H,5-6H2,1-4H3,(H,14,15). The van der Waals surface area contributed by atoms with Gasteiger partial charge in [0.25, 0.3) is 0 Å². The molecular formula is C10H19F3N2. The number of amidine groups is 1. The van der Waals surface area contributed by atoms with Crippen LogP contribution in [0.4, 0.5) is 13.2 Å². The van der Waals surface area contributed by atoms with E-state index in [4.69, 9.17) is 0 Å². The van der Waals surface area contributed by atoms with E-state index in [1.54, 1.807) is 0 Å². The largest absolute Gasteiger partial charge is 0.410 e. The molecule has 0 heterocycles. The van der Waals surface area contributed by atoms with E-state index in [1.807, 2.05) is 20.8 Å². The monoisotopic (exact) mass is 224 g/mol. The van der Waals surface area contributed by atoms with E-state index >= 15 is 0 Å². The van der Waals surface area contributed by atoms with Gasteiger partial charge in [0, 0.05) is 12.5 Å². The van der Waals surface area contributed by atoms with Crippen LogP contribution >= 0.6 is 0 Å². The van der Waals surface area contributed by atoms with Crippen LogP contribution in [0.3, 0.4) is 0 Å². The van der Waals surface area contributed by atoms with Crippen LogP contribution in [0.5, 0.6) is 0 Å². The third-order valence-corrected chi connectivity index (χ3v) is 1.77. The van der Waals surface area contributed by atoms with Crippen LogP contribution < -0.4 is 5.32 Å². The van der Waals surface area contributed by atoms with E-state index < -0.39 is 12.2 Å². The minimum atomic E-state index is -4.25. The molecular weight excluding hydrogens is 205 g/mol. The fourth-order valence-corrected chi connectivity index (χ4v) is 1.05. The Morgan fingerprint density at radius 3 is 2.13 bits per heavy atom. The molecule has 0 bridgehead atoms. The zero-order chi connectivity index (χ0) is 12.1. The van der Waals surface area contributed by atoms with Gasteiger partial charge >= 0.3 is 6.18 Å². The Balaban J connectivity index is 4.52. The Morgan fingerprint density at radius 1 is 1.27 bits per heavy atom. The van der Waals surface area contributed by atoms with Gasteiger partial charge in [0.1, 0.15) is 6.04 Å². The zero-order valence-corrected chi connectivity index (χ0v) is 9.65. The number of hydrogen-bond donors (Lipinski definition) is 1. The summed E-state index contributed by atoms with van der Waals surface area (Å²) in [5.41, 5.74) is 0. The molecule has 5 heteroatoms. The van der Waals surface area contributed by atoms with Gasteiger partial charge in [-0.1, -0.05) is 6.92 Å². The molecule has 0 rings (SSSR count). The van der Waals surface area contributed by atoms with Crippen LogP contribution in [0, 0.1) is 0 Å². The fourth-order valence-electron chi connectivity index (χ4n) is 1.05. The van der Waals surface area contributed by atoms with Crippen molar-refractivity contribution >= 4 is 5.84 Å². The topological polar surface area (TPSA) is 24.4 Å². The van der Waals surface area contributed by atoms with Crippen LogP contribution in [0.1, 0.15) is 40.5 Å². The molecule has 0 aliphatic rings. The minimum Gasteiger partial charge on any atom is -0.372 e. The predicted molar refractivity (Wildman–Crippen MR) is 56.1 cm³/mol. The molecule has 0 amide bonds. The first kappa shape index (κ1) is 14.3. The lowest BCUT2D eigenvalue weighted by Crippen LogP contribution is -2.33. The van der Waals surface area contributed by atoms with Gasteiger partial charge in [-0.05, 0) is 27.2 Å². The maximum Gasteiger partial charge on any atom is 0.410 e. The molecule has 0 aliphatic heterocycles. The van der Waals surface area contributed by atoms with Gasteiger partial charge in [-0.15, -0.1) is 0 Å². The summed E-state index contributed by atoms with van der Waals surface area (Å²) in [5, 5.41) is 2.93. The maximum absolute atomic E-state index is 12.3. The number of hydrogen-bond acceptors (Lipinski definition) is 1. The molecule has 0 spiro atoms. The first-order valence-corrected chi connectivity index (χ1v) is 5.17. The van der Waals surface area contributed by atoms with Gasteiger partial charge in [0.2, 0.25) is 0 Å². The van der Waals surface area contributed by atoms with Gasteiger partial charge in [0.15, 0.2) is 0 Å². The van der Waals surface area contributed by atoms with Crippen LogP contribution in [-0.2, 0) is 0 Å². The molecule has 0 aromatic carbocycles. The molecule has 1 unspecified atom stereocenters. The lowest BCUT2D eigenvalue weighted by Gasteiger charge is -2.17. The predicted octanol–water partition coefficient (Wildman–Crippen LogP) is 3.13. The number of nitrogens with zero attached hydrogens (tertiary/aromatic N) is 1. The van der Waals surface area contributed by atoms with Crippen molar-refractivity contribution in [1.29, 1.82) is 0 Å². The first-order chi connectivity index (χ1) is 6.77. The summed E-state index contributed by atoms with van der Waals surface area (Å²) in [6.07, 6.45) is -2.92. The molecule has 0 aliphatic carbocycles. The SMILES string of the molecule is CCCC(=NC(C)C(F)(F)F)NC(C)C. The second kappa shape index (κ2) is 5.98. The second-order valence-electron chi connectivity index (χ2n) is 3.84. The van der Waals surface area contributed by atoms with Gasteiger partial charge in [-0.2, -0.15) is 13.2 Å². The zero-order valence-electron chi connectivity index (χ0n) is 9.65. The summed E-state index contributed by atoms with van der Waals surface area (Å²) in [4.78, 5) is 3.66. The van der Waals surface area contributed by atoms with Crippen molar-refractivity contribution in [3.05, 3.63) is 0 Å². The molecule has 1 N–H and O–H groups in total. The fraction of sp³-hybridized carbons (Fsp3) is 0.900. The second-order valence-corrected chi connectivity index (χ2v) is 3.84. The average molecular weight is 224 g/mol. The molecule has 15 heavy (non-hydrogen) atoms. The average Bonchev–Trinajstić information content (AvgIpc) is 2.01. The molecule has 90 valence electrons. The molecule has 0 aromatic rings. The lowest BCUT2D eigenvalue weighted by atomic mass is 10.2. The van der Waals surface area contributed by atoms with Crippen molar-refractivity contribution in [1.82, 2.24) is 5.32 Å². The molecule has 2 nitrogen and oxygen atoms in total. The molecule has 0 radical (unpaired) electrons. The Labute approximate surface area is 89.0 Å². The van der Waals surface area contributed by atoms with Crippen LogP contribution in [0.15, 0.2) is 4.99 Å². The Bertz CT molecular complexity index is 209. The summed E-state index contributed by atoms with van der Waals surface area (Å²) in [6, 6.07) is -1.53. The number of alkyl halides is 3. The number of aliphatic imine (C=N–C) groups is 1. The third-order valence-electron chi connectivity index (χ3n) is 1.77. The Kier molecular flexibility index (Phi) is 5.68. The smallest absolute Gasteiger partial charge is 0.372 e. The molecule has 1 atom stereocenters. The van der Waals surface area contributed by atoms with Crippen LogP contribution in [0.2, 0.25) is 0 Å². The highest BCUT2D eigenvalue weighted by atomic mass is 19.4. The van der Waals surface area contributed by atoms with Crippen molar-refractivity contribution in [2.45, 2.75) is 58.8 Å². The Hall–Kier alpha value is -0.740. The third kappa shape index (κ3) is 6.36. The van der Waals surface area contributed by atoms with Crippen molar-refractivity contribution < 1.29 is 13.2 Å². The maximum atomic E-state index is 12.3. The highest BCUT2D eigenvalue weighted by Crippen LogP contribution is 2.22. The highest BCUT2D eigenvalue weighted by Gasteiger charge is 2.36. The Morgan fingerprint density at radius 2 is 1.80 bits per heavy atom. The quantitative estimate of drug-likeness (QED) is 0.575. The van der Waals surface area contributed by atoms with Gasteiger partial charge in [-0.25, -0.2) is 0 Å². The van der Waals surface area contributed by atoms with E-state index in [1.165, 1.54) is 0 Å². The summed E-state index contributed by atoms with van der Waals surface area (Å²) >= 11 is 0. The normalized spacial score (nSPS) is 15.6. The summed E-state index contributed by atoms with van der Waals surface area (Å²) in [7, 11) is 0. The van der Waals surface area contributed by atoms with E-state index in [-0.39, 0.29) is 6.04 Å². The van der Waals surface area contributed by atoms with E-state index in [2.05, 4.69) is 10.3 Å². The molecule has 0 aromatic heterocycles. The number of halogens is 3. The number of rotatable bonds is 4. The van der Waals surface area contributed by atoms with Crippen molar-refractivity contribution in [2.75, 3.05) is 0 Å². The summed E-state index contributed by atoms with van der Waals surface area (Å²) in [5.74, 6) is 0.442. The highest BCUT2D eigenvalue weighted by molar-refractivity contribution is 5.82. The minimum absolute atomic E-state index is 0.107. The van der Waals surface area contributed by atoms with Crippen molar-refractivity contribution in [3.8, 4) is 0 Å². The first-order valence-electron chi connectivity index (χ1n) is 5.17. The summed E-state index contributed by atoms with van der Waals surface area (Å²) < 4.78 is 36.8.